The van der Waals surface area contributed by atoms with Crippen LogP contribution in [0.2, 0.25) is 0 Å². The normalized spacial score (nSPS) is 12.7. The van der Waals surface area contributed by atoms with E-state index in [1.807, 2.05) is 72.8 Å². The zero-order valence-electron chi connectivity index (χ0n) is 27.5. The van der Waals surface area contributed by atoms with Crippen LogP contribution in [-0.2, 0) is 9.98 Å². The molecule has 1 heterocycles. The lowest BCUT2D eigenvalue weighted by Crippen LogP contribution is -2.28. The van der Waals surface area contributed by atoms with Gasteiger partial charge in [0.1, 0.15) is 0 Å². The number of aromatic nitrogens is 3. The van der Waals surface area contributed by atoms with Crippen LogP contribution in [0.1, 0.15) is 22.3 Å². The molecule has 0 fully saturated rings. The SMILES string of the molecule is O=Pc1cccc(-c2cccc(-c3nc(-c4ccccc4)nc(-c4cccc(C5(c6ccccc6)c6ccccc6-c6ccccc65)c4)n3)c2)c1. The van der Waals surface area contributed by atoms with Crippen LogP contribution in [-0.4, -0.2) is 15.0 Å². The first-order chi connectivity index (χ1) is 25.2. The quantitative estimate of drug-likeness (QED) is 0.158. The summed E-state index contributed by atoms with van der Waals surface area (Å²) in [5.41, 5.74) is 11.5. The molecular weight excluding hydrogens is 642 g/mol. The van der Waals surface area contributed by atoms with Gasteiger partial charge in [-0.3, -0.25) is 4.57 Å². The van der Waals surface area contributed by atoms with E-state index >= 15 is 0 Å². The molecule has 0 N–H and O–H groups in total. The van der Waals surface area contributed by atoms with E-state index in [0.717, 1.165) is 38.7 Å². The molecule has 8 aromatic rings. The van der Waals surface area contributed by atoms with Gasteiger partial charge >= 0.3 is 0 Å². The van der Waals surface area contributed by atoms with Crippen LogP contribution >= 0.6 is 8.46 Å². The van der Waals surface area contributed by atoms with Gasteiger partial charge in [-0.15, -0.1) is 0 Å². The summed E-state index contributed by atoms with van der Waals surface area (Å²) in [5, 5.41) is 0.729. The van der Waals surface area contributed by atoms with Crippen LogP contribution in [0.3, 0.4) is 0 Å². The van der Waals surface area contributed by atoms with E-state index in [4.69, 9.17) is 15.0 Å². The Labute approximate surface area is 298 Å². The molecule has 1 aliphatic carbocycles. The molecule has 0 atom stereocenters. The zero-order chi connectivity index (χ0) is 34.2. The van der Waals surface area contributed by atoms with Crippen molar-refractivity contribution in [2.75, 3.05) is 0 Å². The van der Waals surface area contributed by atoms with Gasteiger partial charge in [0.05, 0.1) is 5.41 Å². The van der Waals surface area contributed by atoms with Crippen molar-refractivity contribution in [2.45, 2.75) is 5.41 Å². The average Bonchev–Trinajstić information content (AvgIpc) is 3.52. The molecular formula is C46H30N3OP. The number of hydrogen-bond acceptors (Lipinski definition) is 4. The lowest BCUT2D eigenvalue weighted by Gasteiger charge is -2.34. The molecule has 1 aliphatic rings. The van der Waals surface area contributed by atoms with Gasteiger partial charge in [0.2, 0.25) is 0 Å². The molecule has 0 aliphatic heterocycles. The minimum absolute atomic E-state index is 0.00648. The predicted molar refractivity (Wildman–Crippen MR) is 206 cm³/mol. The second kappa shape index (κ2) is 12.8. The Bertz CT molecular complexity index is 2520. The highest BCUT2D eigenvalue weighted by atomic mass is 31.1. The van der Waals surface area contributed by atoms with Gasteiger partial charge in [-0.2, -0.15) is 0 Å². The summed E-state index contributed by atoms with van der Waals surface area (Å²) >= 11 is 0. The Kier molecular flexibility index (Phi) is 7.72. The molecule has 0 saturated heterocycles. The lowest BCUT2D eigenvalue weighted by molar-refractivity contribution is 0.603. The van der Waals surface area contributed by atoms with Gasteiger partial charge in [-0.05, 0) is 68.8 Å². The highest BCUT2D eigenvalue weighted by Gasteiger charge is 2.45. The third-order valence-electron chi connectivity index (χ3n) is 9.79. The van der Waals surface area contributed by atoms with Crippen molar-refractivity contribution >= 4 is 13.8 Å². The van der Waals surface area contributed by atoms with Crippen molar-refractivity contribution < 1.29 is 4.57 Å². The maximum atomic E-state index is 11.6. The van der Waals surface area contributed by atoms with E-state index < -0.39 is 5.41 Å². The van der Waals surface area contributed by atoms with Gasteiger partial charge in [0.25, 0.3) is 0 Å². The lowest BCUT2D eigenvalue weighted by atomic mass is 9.67. The molecule has 0 spiro atoms. The van der Waals surface area contributed by atoms with E-state index in [1.165, 1.54) is 27.8 Å². The van der Waals surface area contributed by atoms with Crippen molar-refractivity contribution in [3.05, 3.63) is 204 Å². The molecule has 4 nitrogen and oxygen atoms in total. The first-order valence-corrected chi connectivity index (χ1v) is 17.8. The maximum Gasteiger partial charge on any atom is 0.192 e. The monoisotopic (exact) mass is 671 g/mol. The molecule has 0 bridgehead atoms. The number of nitrogens with zero attached hydrogens (tertiary/aromatic N) is 3. The average molecular weight is 672 g/mol. The van der Waals surface area contributed by atoms with Crippen LogP contribution < -0.4 is 5.30 Å². The second-order valence-electron chi connectivity index (χ2n) is 12.7. The van der Waals surface area contributed by atoms with E-state index in [9.17, 15) is 4.57 Å². The maximum absolute atomic E-state index is 11.6. The Morgan fingerprint density at radius 2 is 0.824 bits per heavy atom. The molecule has 51 heavy (non-hydrogen) atoms. The molecule has 5 heteroatoms. The number of hydrogen-bond donors (Lipinski definition) is 0. The van der Waals surface area contributed by atoms with E-state index in [1.54, 1.807) is 0 Å². The summed E-state index contributed by atoms with van der Waals surface area (Å²) < 4.78 is 11.6. The van der Waals surface area contributed by atoms with Crippen molar-refractivity contribution in [2.24, 2.45) is 0 Å². The van der Waals surface area contributed by atoms with Crippen molar-refractivity contribution in [1.29, 1.82) is 0 Å². The van der Waals surface area contributed by atoms with Crippen molar-refractivity contribution in [1.82, 2.24) is 15.0 Å². The number of fused-ring (bicyclic) bond motifs is 3. The summed E-state index contributed by atoms with van der Waals surface area (Å²) in [7, 11) is -0.00648. The van der Waals surface area contributed by atoms with Crippen LogP contribution in [0.25, 0.3) is 56.4 Å². The van der Waals surface area contributed by atoms with Crippen LogP contribution in [0.15, 0.2) is 182 Å². The number of rotatable bonds is 7. The largest absolute Gasteiger partial charge is 0.269 e. The highest BCUT2D eigenvalue weighted by Crippen LogP contribution is 2.56. The molecule has 0 unspecified atom stereocenters. The van der Waals surface area contributed by atoms with Gasteiger partial charge in [-0.1, -0.05) is 158 Å². The van der Waals surface area contributed by atoms with Crippen LogP contribution in [0.4, 0.5) is 0 Å². The third kappa shape index (κ3) is 5.29. The first-order valence-electron chi connectivity index (χ1n) is 16.9. The minimum atomic E-state index is -0.533. The fraction of sp³-hybridized carbons (Fsp3) is 0.0217. The summed E-state index contributed by atoms with van der Waals surface area (Å²) in [4.78, 5) is 15.3. The first kappa shape index (κ1) is 30.7. The molecule has 0 radical (unpaired) electrons. The fourth-order valence-electron chi connectivity index (χ4n) is 7.53. The Balaban J connectivity index is 1.25. The van der Waals surface area contributed by atoms with Crippen LogP contribution in [0, 0.1) is 0 Å². The Morgan fingerprint density at radius 3 is 1.47 bits per heavy atom. The summed E-state index contributed by atoms with van der Waals surface area (Å²) in [6.45, 7) is 0. The Hall–Kier alpha value is -6.35. The van der Waals surface area contributed by atoms with Gasteiger partial charge in [0, 0.05) is 22.0 Å². The molecule has 240 valence electrons. The van der Waals surface area contributed by atoms with E-state index in [0.29, 0.717) is 17.5 Å². The molecule has 9 rings (SSSR count). The smallest absolute Gasteiger partial charge is 0.192 e. The van der Waals surface area contributed by atoms with Gasteiger partial charge < -0.3 is 0 Å². The van der Waals surface area contributed by atoms with Crippen molar-refractivity contribution in [3.63, 3.8) is 0 Å². The molecule has 7 aromatic carbocycles. The fourth-order valence-corrected chi connectivity index (χ4v) is 7.87. The van der Waals surface area contributed by atoms with Crippen molar-refractivity contribution in [3.8, 4) is 56.4 Å². The van der Waals surface area contributed by atoms with Gasteiger partial charge in [-0.25, -0.2) is 15.0 Å². The van der Waals surface area contributed by atoms with Crippen LogP contribution in [0.5, 0.6) is 0 Å². The predicted octanol–water partition coefficient (Wildman–Crippen LogP) is 10.8. The molecule has 0 amide bonds. The summed E-state index contributed by atoms with van der Waals surface area (Å²) in [6.07, 6.45) is 0. The summed E-state index contributed by atoms with van der Waals surface area (Å²) in [6, 6.07) is 63.0. The third-order valence-corrected chi connectivity index (χ3v) is 10.3. The number of benzene rings is 7. The topological polar surface area (TPSA) is 55.7 Å². The highest BCUT2D eigenvalue weighted by molar-refractivity contribution is 7.34. The van der Waals surface area contributed by atoms with E-state index in [2.05, 4.69) is 109 Å². The summed E-state index contributed by atoms with van der Waals surface area (Å²) in [5.74, 6) is 1.78. The standard InChI is InChI=1S/C46H30N3OP/c50-51-38-23-13-17-33(30-38)32-16-11-18-34(28-32)44-47-43(31-14-3-1-4-15-31)48-45(49-44)35-19-12-22-37(29-35)46(36-20-5-2-6-21-36)41-26-9-7-24-39(41)40-25-8-10-27-42(40)46/h1-30H. The molecule has 0 saturated carbocycles. The zero-order valence-corrected chi connectivity index (χ0v) is 28.4. The molecule has 1 aromatic heterocycles. The second-order valence-corrected chi connectivity index (χ2v) is 13.4. The Morgan fingerprint density at radius 1 is 0.373 bits per heavy atom. The minimum Gasteiger partial charge on any atom is -0.269 e. The van der Waals surface area contributed by atoms with E-state index in [-0.39, 0.29) is 8.46 Å². The van der Waals surface area contributed by atoms with Gasteiger partial charge in [0.15, 0.2) is 25.9 Å².